The van der Waals surface area contributed by atoms with Crippen LogP contribution in [0, 0.1) is 11.7 Å². The number of likely N-dealkylation sites (tertiary alicyclic amines) is 1. The minimum Gasteiger partial charge on any atom is -0.469 e. The predicted molar refractivity (Wildman–Crippen MR) is 72.1 cm³/mol. The van der Waals surface area contributed by atoms with Gasteiger partial charge < -0.3 is 9.64 Å². The van der Waals surface area contributed by atoms with Crippen LogP contribution in [0.25, 0.3) is 0 Å². The third-order valence-electron chi connectivity index (χ3n) is 3.43. The number of carbonyl (C=O) groups is 2. The number of nitrogens with zero attached hydrogens (tertiary/aromatic N) is 1. The maximum absolute atomic E-state index is 13.4. The molecule has 1 aliphatic rings. The number of hydrogen-bond acceptors (Lipinski definition) is 3. The van der Waals surface area contributed by atoms with E-state index in [9.17, 15) is 14.0 Å². The van der Waals surface area contributed by atoms with Crippen molar-refractivity contribution in [2.75, 3.05) is 20.2 Å². The quantitative estimate of drug-likeness (QED) is 0.788. The molecule has 1 aliphatic heterocycles. The molecule has 1 saturated heterocycles. The molecule has 0 N–H and O–H groups in total. The van der Waals surface area contributed by atoms with E-state index >= 15 is 0 Å². The van der Waals surface area contributed by atoms with Crippen LogP contribution in [-0.2, 0) is 9.53 Å². The van der Waals surface area contributed by atoms with Gasteiger partial charge in [-0.05, 0) is 25.0 Å². The first-order valence-electron chi connectivity index (χ1n) is 6.35. The highest BCUT2D eigenvalue weighted by Crippen LogP contribution is 2.24. The third kappa shape index (κ3) is 2.93. The van der Waals surface area contributed by atoms with Gasteiger partial charge in [0.1, 0.15) is 5.82 Å². The number of halogens is 2. The van der Waals surface area contributed by atoms with Crippen molar-refractivity contribution in [3.05, 3.63) is 34.6 Å². The fourth-order valence-electron chi connectivity index (χ4n) is 2.36. The van der Waals surface area contributed by atoms with Crippen molar-refractivity contribution >= 4 is 23.5 Å². The molecule has 0 bridgehead atoms. The topological polar surface area (TPSA) is 46.6 Å². The molecule has 0 radical (unpaired) electrons. The summed E-state index contributed by atoms with van der Waals surface area (Å²) in [7, 11) is 1.33. The van der Waals surface area contributed by atoms with Gasteiger partial charge in [-0.25, -0.2) is 4.39 Å². The summed E-state index contributed by atoms with van der Waals surface area (Å²) in [5, 5.41) is -0.183. The molecule has 6 heteroatoms. The van der Waals surface area contributed by atoms with E-state index in [-0.39, 0.29) is 34.9 Å². The molecule has 1 aromatic carbocycles. The van der Waals surface area contributed by atoms with Crippen molar-refractivity contribution in [3.8, 4) is 0 Å². The Morgan fingerprint density at radius 1 is 1.45 bits per heavy atom. The zero-order valence-corrected chi connectivity index (χ0v) is 11.8. The van der Waals surface area contributed by atoms with Gasteiger partial charge in [-0.15, -0.1) is 0 Å². The van der Waals surface area contributed by atoms with E-state index in [1.165, 1.54) is 30.2 Å². The molecule has 0 aromatic heterocycles. The van der Waals surface area contributed by atoms with Crippen molar-refractivity contribution < 1.29 is 18.7 Å². The van der Waals surface area contributed by atoms with Crippen molar-refractivity contribution in [2.24, 2.45) is 5.92 Å². The molecular weight excluding hydrogens is 285 g/mol. The number of carbonyl (C=O) groups excluding carboxylic acids is 2. The van der Waals surface area contributed by atoms with E-state index in [4.69, 9.17) is 16.3 Å². The fraction of sp³-hybridized carbons (Fsp3) is 0.429. The van der Waals surface area contributed by atoms with E-state index in [0.717, 1.165) is 0 Å². The van der Waals surface area contributed by atoms with Crippen LogP contribution in [0.4, 0.5) is 4.39 Å². The minimum atomic E-state index is -0.626. The number of rotatable bonds is 2. The number of hydrogen-bond donors (Lipinski definition) is 0. The van der Waals surface area contributed by atoms with Crippen LogP contribution in [-0.4, -0.2) is 37.0 Å². The SMILES string of the molecule is COC(=O)C1CCCN(C(=O)c2cccc(F)c2Cl)C1. The molecule has 0 aliphatic carbocycles. The first kappa shape index (κ1) is 14.8. The lowest BCUT2D eigenvalue weighted by molar-refractivity contribution is -0.146. The molecule has 0 saturated carbocycles. The van der Waals surface area contributed by atoms with Crippen LogP contribution in [0.2, 0.25) is 5.02 Å². The number of amides is 1. The summed E-state index contributed by atoms with van der Waals surface area (Å²) in [5.41, 5.74) is 0.122. The van der Waals surface area contributed by atoms with Crippen LogP contribution in [0.5, 0.6) is 0 Å². The van der Waals surface area contributed by atoms with Crippen molar-refractivity contribution in [1.82, 2.24) is 4.90 Å². The number of ether oxygens (including phenoxy) is 1. The summed E-state index contributed by atoms with van der Waals surface area (Å²) in [4.78, 5) is 25.4. The van der Waals surface area contributed by atoms with Crippen LogP contribution in [0.3, 0.4) is 0 Å². The average molecular weight is 300 g/mol. The molecule has 20 heavy (non-hydrogen) atoms. The summed E-state index contributed by atoms with van der Waals surface area (Å²) in [6.07, 6.45) is 1.39. The number of methoxy groups -OCH3 is 1. The molecule has 1 fully saturated rings. The lowest BCUT2D eigenvalue weighted by atomic mass is 9.97. The lowest BCUT2D eigenvalue weighted by Crippen LogP contribution is -2.42. The van der Waals surface area contributed by atoms with E-state index in [1.807, 2.05) is 0 Å². The minimum absolute atomic E-state index is 0.122. The maximum atomic E-state index is 13.4. The van der Waals surface area contributed by atoms with Crippen molar-refractivity contribution in [3.63, 3.8) is 0 Å². The molecule has 1 heterocycles. The first-order chi connectivity index (χ1) is 9.54. The Hall–Kier alpha value is -1.62. The van der Waals surface area contributed by atoms with Gasteiger partial charge in [-0.3, -0.25) is 9.59 Å². The standard InChI is InChI=1S/C14H15ClFNO3/c1-20-14(19)9-4-3-7-17(8-9)13(18)10-5-2-6-11(16)12(10)15/h2,5-6,9H,3-4,7-8H2,1H3. The van der Waals surface area contributed by atoms with Gasteiger partial charge >= 0.3 is 5.97 Å². The highest BCUT2D eigenvalue weighted by Gasteiger charge is 2.30. The Balaban J connectivity index is 2.16. The molecule has 0 spiro atoms. The monoisotopic (exact) mass is 299 g/mol. The Bertz CT molecular complexity index is 535. The number of esters is 1. The van der Waals surface area contributed by atoms with Gasteiger partial charge in [0.2, 0.25) is 0 Å². The maximum Gasteiger partial charge on any atom is 0.310 e. The molecule has 1 unspecified atom stereocenters. The summed E-state index contributed by atoms with van der Waals surface area (Å²) < 4.78 is 18.1. The largest absolute Gasteiger partial charge is 0.469 e. The molecular formula is C14H15ClFNO3. The highest BCUT2D eigenvalue weighted by molar-refractivity contribution is 6.34. The molecule has 1 atom stereocenters. The summed E-state index contributed by atoms with van der Waals surface area (Å²) >= 11 is 5.82. The Labute approximate surface area is 121 Å². The zero-order valence-electron chi connectivity index (χ0n) is 11.1. The van der Waals surface area contributed by atoms with Crippen LogP contribution < -0.4 is 0 Å². The van der Waals surface area contributed by atoms with Crippen molar-refractivity contribution in [2.45, 2.75) is 12.8 Å². The second-order valence-electron chi connectivity index (χ2n) is 4.71. The Kier molecular flexibility index (Phi) is 4.60. The van der Waals surface area contributed by atoms with Gasteiger partial charge in [-0.1, -0.05) is 17.7 Å². The normalized spacial score (nSPS) is 18.8. The second kappa shape index (κ2) is 6.22. The molecule has 1 aromatic rings. The molecule has 1 amide bonds. The van der Waals surface area contributed by atoms with Gasteiger partial charge in [0.25, 0.3) is 5.91 Å². The predicted octanol–water partition coefficient (Wildman–Crippen LogP) is 2.50. The first-order valence-corrected chi connectivity index (χ1v) is 6.73. The smallest absolute Gasteiger partial charge is 0.310 e. The average Bonchev–Trinajstić information content (AvgIpc) is 2.48. The fourth-order valence-corrected chi connectivity index (χ4v) is 2.57. The highest BCUT2D eigenvalue weighted by atomic mass is 35.5. The summed E-state index contributed by atoms with van der Waals surface area (Å²) in [6, 6.07) is 4.12. The third-order valence-corrected chi connectivity index (χ3v) is 3.81. The number of benzene rings is 1. The van der Waals surface area contributed by atoms with Gasteiger partial charge in [0.15, 0.2) is 0 Å². The lowest BCUT2D eigenvalue weighted by Gasteiger charge is -2.31. The zero-order chi connectivity index (χ0) is 14.7. The van der Waals surface area contributed by atoms with E-state index in [2.05, 4.69) is 0 Å². The van der Waals surface area contributed by atoms with E-state index < -0.39 is 5.82 Å². The van der Waals surface area contributed by atoms with Crippen LogP contribution >= 0.6 is 11.6 Å². The molecule has 108 valence electrons. The van der Waals surface area contributed by atoms with Gasteiger partial charge in [0, 0.05) is 13.1 Å². The van der Waals surface area contributed by atoms with E-state index in [0.29, 0.717) is 19.4 Å². The second-order valence-corrected chi connectivity index (χ2v) is 5.09. The Morgan fingerprint density at radius 3 is 2.90 bits per heavy atom. The molecule has 4 nitrogen and oxygen atoms in total. The van der Waals surface area contributed by atoms with E-state index in [1.54, 1.807) is 0 Å². The number of piperidine rings is 1. The van der Waals surface area contributed by atoms with Crippen molar-refractivity contribution in [1.29, 1.82) is 0 Å². The van der Waals surface area contributed by atoms with Gasteiger partial charge in [-0.2, -0.15) is 0 Å². The summed E-state index contributed by atoms with van der Waals surface area (Å²) in [6.45, 7) is 0.803. The van der Waals surface area contributed by atoms with Crippen LogP contribution in [0.1, 0.15) is 23.2 Å². The van der Waals surface area contributed by atoms with Gasteiger partial charge in [0.05, 0.1) is 23.6 Å². The van der Waals surface area contributed by atoms with Crippen LogP contribution in [0.15, 0.2) is 18.2 Å². The summed E-state index contributed by atoms with van der Waals surface area (Å²) in [5.74, 6) is -1.64. The Morgan fingerprint density at radius 2 is 2.20 bits per heavy atom. The molecule has 2 rings (SSSR count).